The van der Waals surface area contributed by atoms with Gasteiger partial charge in [0.25, 0.3) is 0 Å². The lowest BCUT2D eigenvalue weighted by atomic mass is 9.51. The summed E-state index contributed by atoms with van der Waals surface area (Å²) in [6.07, 6.45) is 9.19. The van der Waals surface area contributed by atoms with Gasteiger partial charge in [-0.3, -0.25) is 4.79 Å². The lowest BCUT2D eigenvalue weighted by Gasteiger charge is -2.58. The summed E-state index contributed by atoms with van der Waals surface area (Å²) in [5.41, 5.74) is -0.593. The van der Waals surface area contributed by atoms with Crippen molar-refractivity contribution >= 4 is 17.9 Å². The third-order valence-corrected chi connectivity index (χ3v) is 9.48. The Balaban J connectivity index is 1.53. The van der Waals surface area contributed by atoms with Crippen molar-refractivity contribution in [3.05, 3.63) is 36.0 Å². The van der Waals surface area contributed by atoms with Crippen molar-refractivity contribution in [2.45, 2.75) is 76.4 Å². The Hall–Kier alpha value is -2.49. The van der Waals surface area contributed by atoms with Gasteiger partial charge in [-0.15, -0.1) is 0 Å². The Kier molecular flexibility index (Phi) is 6.83. The molecule has 2 spiro atoms. The fraction of sp³-hybridized carbons (Fsp3) is 0.679. The second-order valence-corrected chi connectivity index (χ2v) is 11.3. The number of epoxide rings is 1. The fourth-order valence-corrected chi connectivity index (χ4v) is 7.07. The zero-order valence-corrected chi connectivity index (χ0v) is 22.0. The maximum absolute atomic E-state index is 13.4. The highest BCUT2D eigenvalue weighted by Crippen LogP contribution is 2.72. The summed E-state index contributed by atoms with van der Waals surface area (Å²) in [6, 6.07) is -0.569. The van der Waals surface area contributed by atoms with Crippen molar-refractivity contribution in [3.8, 4) is 0 Å². The number of hydrogen-bond donors (Lipinski definition) is 1. The van der Waals surface area contributed by atoms with Gasteiger partial charge in [0.2, 0.25) is 0 Å². The molecule has 8 atom stereocenters. The molecule has 3 heterocycles. The van der Waals surface area contributed by atoms with Gasteiger partial charge in [-0.2, -0.15) is 0 Å². The second kappa shape index (κ2) is 9.67. The zero-order chi connectivity index (χ0) is 26.4. The molecule has 5 aliphatic rings. The van der Waals surface area contributed by atoms with Crippen molar-refractivity contribution in [2.24, 2.45) is 16.7 Å². The van der Waals surface area contributed by atoms with Crippen LogP contribution in [-0.2, 0) is 38.1 Å². The molecule has 0 radical (unpaired) electrons. The second-order valence-electron chi connectivity index (χ2n) is 11.3. The van der Waals surface area contributed by atoms with E-state index in [9.17, 15) is 14.4 Å². The lowest BCUT2D eigenvalue weighted by molar-refractivity contribution is -0.233. The zero-order valence-electron chi connectivity index (χ0n) is 22.0. The first-order valence-electron chi connectivity index (χ1n) is 13.2. The van der Waals surface area contributed by atoms with E-state index in [4.69, 9.17) is 23.7 Å². The average Bonchev–Trinajstić information content (AvgIpc) is 3.64. The van der Waals surface area contributed by atoms with Crippen LogP contribution in [0.1, 0.15) is 46.5 Å². The number of cyclic esters (lactones) is 2. The molecule has 3 fully saturated rings. The summed E-state index contributed by atoms with van der Waals surface area (Å²) in [5.74, 6) is -1.53. The fourth-order valence-electron chi connectivity index (χ4n) is 7.07. The van der Waals surface area contributed by atoms with Crippen LogP contribution < -0.4 is 5.32 Å². The van der Waals surface area contributed by atoms with E-state index in [0.29, 0.717) is 19.4 Å². The molecular formula is C28H37NO8. The van der Waals surface area contributed by atoms with E-state index in [1.807, 2.05) is 6.92 Å². The summed E-state index contributed by atoms with van der Waals surface area (Å²) in [5, 5.41) is 3.07. The number of carbonyl (C=O) groups is 3. The number of nitrogens with one attached hydrogen (secondary N) is 1. The van der Waals surface area contributed by atoms with Crippen LogP contribution in [-0.4, -0.2) is 74.7 Å². The molecule has 1 unspecified atom stereocenters. The van der Waals surface area contributed by atoms with Gasteiger partial charge in [0.1, 0.15) is 24.4 Å². The Morgan fingerprint density at radius 3 is 2.46 bits per heavy atom. The minimum atomic E-state index is -0.625. The van der Waals surface area contributed by atoms with Gasteiger partial charge in [0.15, 0.2) is 0 Å². The molecule has 0 aromatic rings. The largest absolute Gasteiger partial charge is 0.464 e. The molecule has 1 N–H and O–H groups in total. The minimum Gasteiger partial charge on any atom is -0.464 e. The molecule has 9 nitrogen and oxygen atoms in total. The first-order chi connectivity index (χ1) is 17.7. The van der Waals surface area contributed by atoms with Gasteiger partial charge >= 0.3 is 17.9 Å². The number of ether oxygens (including phenoxy) is 5. The van der Waals surface area contributed by atoms with E-state index >= 15 is 0 Å². The van der Waals surface area contributed by atoms with Crippen molar-refractivity contribution in [1.29, 1.82) is 0 Å². The molecule has 1 saturated carbocycles. The standard InChI is InChI=1S/C28H37NO8/c1-17-9-11-27-15-34-25(32)24(29-4)18(2)10-12-33-22(30)7-5-6-8-23(31)37-19-14-21(36-20(27)13-17)28(16-35-28)26(19,27)3/h5-8,13,18-21,24,29H,9-12,14-16H2,1-4H3/b7-5+,8-6-/t18-,19-,20?,21-,24-,26-,27-,28+/m1/s1. The van der Waals surface area contributed by atoms with Crippen LogP contribution in [0, 0.1) is 16.7 Å². The molecule has 2 bridgehead atoms. The van der Waals surface area contributed by atoms with E-state index in [-0.39, 0.29) is 37.3 Å². The van der Waals surface area contributed by atoms with E-state index < -0.39 is 40.5 Å². The van der Waals surface area contributed by atoms with E-state index in [1.165, 1.54) is 29.9 Å². The van der Waals surface area contributed by atoms with Gasteiger partial charge < -0.3 is 29.0 Å². The van der Waals surface area contributed by atoms with Gasteiger partial charge in [-0.1, -0.05) is 37.6 Å². The molecular weight excluding hydrogens is 478 g/mol. The van der Waals surface area contributed by atoms with Crippen molar-refractivity contribution in [1.82, 2.24) is 5.32 Å². The Labute approximate surface area is 217 Å². The monoisotopic (exact) mass is 515 g/mol. The molecule has 3 aliphatic heterocycles. The molecule has 2 aliphatic carbocycles. The molecule has 5 rings (SSSR count). The summed E-state index contributed by atoms with van der Waals surface area (Å²) < 4.78 is 30.2. The number of hydrogen-bond acceptors (Lipinski definition) is 9. The van der Waals surface area contributed by atoms with E-state index in [2.05, 4.69) is 25.2 Å². The highest BCUT2D eigenvalue weighted by Gasteiger charge is 2.83. The number of esters is 3. The maximum Gasteiger partial charge on any atom is 0.331 e. The number of likely N-dealkylation sites (N-methyl/N-ethyl adjacent to an activating group) is 1. The first-order valence-corrected chi connectivity index (χ1v) is 13.2. The number of carbonyl (C=O) groups excluding carboxylic acids is 3. The number of allylic oxidation sites excluding steroid dienone is 3. The lowest BCUT2D eigenvalue weighted by Crippen LogP contribution is -2.67. The highest BCUT2D eigenvalue weighted by molar-refractivity contribution is 5.84. The van der Waals surface area contributed by atoms with Crippen LogP contribution in [0.15, 0.2) is 36.0 Å². The van der Waals surface area contributed by atoms with E-state index in [1.54, 1.807) is 7.05 Å². The van der Waals surface area contributed by atoms with Gasteiger partial charge in [-0.05, 0) is 39.2 Å². The molecule has 9 heteroatoms. The third-order valence-electron chi connectivity index (χ3n) is 9.48. The third kappa shape index (κ3) is 4.15. The van der Waals surface area contributed by atoms with Crippen molar-refractivity contribution in [2.75, 3.05) is 26.9 Å². The molecule has 0 aromatic carbocycles. The topological polar surface area (TPSA) is 113 Å². The van der Waals surface area contributed by atoms with Gasteiger partial charge in [0.05, 0.1) is 30.8 Å². The van der Waals surface area contributed by atoms with Crippen LogP contribution in [0.3, 0.4) is 0 Å². The van der Waals surface area contributed by atoms with E-state index in [0.717, 1.165) is 12.8 Å². The van der Waals surface area contributed by atoms with Crippen LogP contribution in [0.25, 0.3) is 0 Å². The van der Waals surface area contributed by atoms with Gasteiger partial charge in [0, 0.05) is 24.0 Å². The van der Waals surface area contributed by atoms with Crippen molar-refractivity contribution in [3.63, 3.8) is 0 Å². The maximum atomic E-state index is 13.4. The van der Waals surface area contributed by atoms with Crippen LogP contribution in [0.5, 0.6) is 0 Å². The van der Waals surface area contributed by atoms with Crippen LogP contribution >= 0.6 is 0 Å². The smallest absolute Gasteiger partial charge is 0.331 e. The summed E-state index contributed by atoms with van der Waals surface area (Å²) in [6.45, 7) is 6.94. The Morgan fingerprint density at radius 1 is 1.03 bits per heavy atom. The number of rotatable bonds is 1. The van der Waals surface area contributed by atoms with Gasteiger partial charge in [-0.25, -0.2) is 9.59 Å². The molecule has 0 amide bonds. The Morgan fingerprint density at radius 2 is 1.76 bits per heavy atom. The quantitative estimate of drug-likeness (QED) is 0.243. The SMILES string of the molecule is CN[C@H]1C(=O)OC[C@]23CCC(C)=CC2O[C@@H]2C[C@@H](OC(=O)/C=C\C=C\C(=O)OCC[C@H]1C)[C@@]3(C)[C@]21CO1. The minimum absolute atomic E-state index is 0.126. The predicted molar refractivity (Wildman–Crippen MR) is 132 cm³/mol. The normalized spacial score (nSPS) is 45.9. The summed E-state index contributed by atoms with van der Waals surface area (Å²) in [4.78, 5) is 38.2. The van der Waals surface area contributed by atoms with Crippen molar-refractivity contribution < 1.29 is 38.1 Å². The highest BCUT2D eigenvalue weighted by atomic mass is 16.6. The summed E-state index contributed by atoms with van der Waals surface area (Å²) in [7, 11) is 1.72. The Bertz CT molecular complexity index is 1040. The average molecular weight is 516 g/mol. The molecule has 0 aromatic heterocycles. The van der Waals surface area contributed by atoms with Crippen LogP contribution in [0.2, 0.25) is 0 Å². The van der Waals surface area contributed by atoms with Crippen LogP contribution in [0.4, 0.5) is 0 Å². The molecule has 2 saturated heterocycles. The predicted octanol–water partition coefficient (Wildman–Crippen LogP) is 2.40. The molecule has 202 valence electrons. The first kappa shape index (κ1) is 26.1. The summed E-state index contributed by atoms with van der Waals surface area (Å²) >= 11 is 0. The molecule has 37 heavy (non-hydrogen) atoms.